The molecular weight excluding hydrogens is 367 g/mol. The Morgan fingerprint density at radius 2 is 1.88 bits per heavy atom. The second-order valence-electron chi connectivity index (χ2n) is 5.09. The summed E-state index contributed by atoms with van der Waals surface area (Å²) in [5.41, 5.74) is 0. The molecule has 0 aromatic heterocycles. The Kier molecular flexibility index (Phi) is 5.78. The molecule has 0 saturated heterocycles. The highest BCUT2D eigenvalue weighted by atomic mass is 32.2. The Morgan fingerprint density at radius 1 is 1.24 bits per heavy atom. The monoisotopic (exact) mass is 383 g/mol. The molecule has 140 valence electrons. The fourth-order valence-corrected chi connectivity index (χ4v) is 3.58. The molecule has 0 unspecified atom stereocenters. The average molecular weight is 383 g/mol. The van der Waals surface area contributed by atoms with Gasteiger partial charge in [0.15, 0.2) is 11.5 Å². The first-order chi connectivity index (χ1) is 11.6. The van der Waals surface area contributed by atoms with Crippen LogP contribution in [0, 0.1) is 0 Å². The number of ether oxygens (including phenoxy) is 3. The molecule has 1 aliphatic heterocycles. The number of benzene rings is 1. The van der Waals surface area contributed by atoms with Crippen LogP contribution < -0.4 is 9.47 Å². The van der Waals surface area contributed by atoms with Crippen molar-refractivity contribution in [3.63, 3.8) is 0 Å². The van der Waals surface area contributed by atoms with Gasteiger partial charge in [0.05, 0.1) is 18.4 Å². The first kappa shape index (κ1) is 19.3. The van der Waals surface area contributed by atoms with E-state index < -0.39 is 41.7 Å². The summed E-state index contributed by atoms with van der Waals surface area (Å²) in [6, 6.07) is 3.54. The number of sulfonamides is 1. The number of nitrogens with zero attached hydrogens (tertiary/aromatic N) is 1. The topological polar surface area (TPSA) is 82.1 Å². The molecule has 1 heterocycles. The van der Waals surface area contributed by atoms with Gasteiger partial charge in [-0.15, -0.1) is 0 Å². The number of esters is 1. The third-order valence-electron chi connectivity index (χ3n) is 3.30. The molecule has 25 heavy (non-hydrogen) atoms. The lowest BCUT2D eigenvalue weighted by Gasteiger charge is -2.24. The second kappa shape index (κ2) is 7.48. The minimum atomic E-state index is -4.77. The van der Waals surface area contributed by atoms with Gasteiger partial charge in [-0.25, -0.2) is 8.42 Å². The Balaban J connectivity index is 2.31. The van der Waals surface area contributed by atoms with Gasteiger partial charge in [0.2, 0.25) is 10.0 Å². The van der Waals surface area contributed by atoms with Gasteiger partial charge in [0, 0.05) is 12.6 Å². The highest BCUT2D eigenvalue weighted by molar-refractivity contribution is 7.89. The highest BCUT2D eigenvalue weighted by Crippen LogP contribution is 2.33. The molecule has 0 N–H and O–H groups in total. The number of carbonyl (C=O) groups excluding carboxylic acids is 1. The van der Waals surface area contributed by atoms with E-state index in [-0.39, 0.29) is 21.6 Å². The highest BCUT2D eigenvalue weighted by Gasteiger charge is 2.37. The number of hydrogen-bond donors (Lipinski definition) is 0. The first-order valence-corrected chi connectivity index (χ1v) is 8.61. The van der Waals surface area contributed by atoms with Crippen molar-refractivity contribution >= 4 is 16.0 Å². The number of hydrogen-bond acceptors (Lipinski definition) is 6. The summed E-state index contributed by atoms with van der Waals surface area (Å²) in [4.78, 5) is 10.8. The molecule has 0 saturated carbocycles. The molecule has 0 fully saturated rings. The summed E-state index contributed by atoms with van der Waals surface area (Å²) in [6.07, 6.45) is -5.27. The second-order valence-corrected chi connectivity index (χ2v) is 7.02. The lowest BCUT2D eigenvalue weighted by molar-refractivity contribution is -0.144. The Bertz CT molecular complexity index is 735. The van der Waals surface area contributed by atoms with Crippen molar-refractivity contribution < 1.29 is 40.6 Å². The third-order valence-corrected chi connectivity index (χ3v) is 5.14. The van der Waals surface area contributed by atoms with Crippen LogP contribution in [0.15, 0.2) is 23.1 Å². The maximum absolute atomic E-state index is 12.8. The van der Waals surface area contributed by atoms with Gasteiger partial charge in [0.25, 0.3) is 0 Å². The summed E-state index contributed by atoms with van der Waals surface area (Å²) in [7, 11) is -3.44. The first-order valence-electron chi connectivity index (χ1n) is 7.17. The van der Waals surface area contributed by atoms with E-state index in [1.54, 1.807) is 0 Å². The Labute approximate surface area is 142 Å². The minimum Gasteiger partial charge on any atom is -0.486 e. The molecule has 0 radical (unpaired) electrons. The van der Waals surface area contributed by atoms with Gasteiger partial charge in [-0.1, -0.05) is 0 Å². The van der Waals surface area contributed by atoms with Crippen molar-refractivity contribution in [3.8, 4) is 11.5 Å². The maximum Gasteiger partial charge on any atom is 0.402 e. The molecule has 7 nitrogen and oxygen atoms in total. The molecule has 0 atom stereocenters. The van der Waals surface area contributed by atoms with E-state index in [2.05, 4.69) is 4.74 Å². The molecule has 0 bridgehead atoms. The summed E-state index contributed by atoms with van der Waals surface area (Å²) in [5.74, 6) is -0.376. The largest absolute Gasteiger partial charge is 0.486 e. The summed E-state index contributed by atoms with van der Waals surface area (Å²) < 4.78 is 78.5. The van der Waals surface area contributed by atoms with Crippen LogP contribution >= 0.6 is 0 Å². The van der Waals surface area contributed by atoms with Crippen molar-refractivity contribution in [2.45, 2.75) is 17.5 Å². The predicted molar refractivity (Wildman–Crippen MR) is 78.9 cm³/mol. The van der Waals surface area contributed by atoms with Gasteiger partial charge in [-0.3, -0.25) is 4.79 Å². The van der Waals surface area contributed by atoms with E-state index in [0.29, 0.717) is 12.4 Å². The normalized spacial score (nSPS) is 14.4. The molecule has 11 heteroatoms. The zero-order valence-electron chi connectivity index (χ0n) is 13.2. The van der Waals surface area contributed by atoms with E-state index in [0.717, 1.165) is 19.2 Å². The zero-order valence-corrected chi connectivity index (χ0v) is 14.0. The van der Waals surface area contributed by atoms with E-state index in [4.69, 9.17) is 9.47 Å². The lowest BCUT2D eigenvalue weighted by Crippen LogP contribution is -2.40. The van der Waals surface area contributed by atoms with E-state index in [9.17, 15) is 26.4 Å². The van der Waals surface area contributed by atoms with Crippen molar-refractivity contribution in [1.29, 1.82) is 0 Å². The predicted octanol–water partition coefficient (Wildman–Crippen LogP) is 1.57. The summed E-state index contributed by atoms with van der Waals surface area (Å²) in [5, 5.41) is 0. The molecule has 0 aliphatic carbocycles. The standard InChI is InChI=1S/C14H16F3NO6S/c1-22-13(19)4-5-18(9-14(15,16)17)25(20,21)10-2-3-11-12(8-10)24-7-6-23-11/h2-3,8H,4-7,9H2,1H3. The van der Waals surface area contributed by atoms with Gasteiger partial charge < -0.3 is 14.2 Å². The molecule has 1 aromatic rings. The van der Waals surface area contributed by atoms with Gasteiger partial charge >= 0.3 is 12.1 Å². The van der Waals surface area contributed by atoms with Gasteiger partial charge in [0.1, 0.15) is 19.8 Å². The maximum atomic E-state index is 12.8. The van der Waals surface area contributed by atoms with E-state index >= 15 is 0 Å². The van der Waals surface area contributed by atoms with E-state index in [1.165, 1.54) is 6.07 Å². The fourth-order valence-electron chi connectivity index (χ4n) is 2.14. The van der Waals surface area contributed by atoms with Crippen LogP contribution in [0.25, 0.3) is 0 Å². The smallest absolute Gasteiger partial charge is 0.402 e. The minimum absolute atomic E-state index is 0.132. The van der Waals surface area contributed by atoms with Crippen molar-refractivity contribution in [3.05, 3.63) is 18.2 Å². The number of methoxy groups -OCH3 is 1. The molecular formula is C14H16F3NO6S. The average Bonchev–Trinajstić information content (AvgIpc) is 2.56. The molecule has 2 rings (SSSR count). The van der Waals surface area contributed by atoms with Crippen molar-refractivity contribution in [1.82, 2.24) is 4.31 Å². The van der Waals surface area contributed by atoms with Crippen LogP contribution in [-0.2, 0) is 19.6 Å². The number of rotatable bonds is 6. The van der Waals surface area contributed by atoms with Crippen LogP contribution in [0.1, 0.15) is 6.42 Å². The fraction of sp³-hybridized carbons (Fsp3) is 0.500. The quantitative estimate of drug-likeness (QED) is 0.694. The number of fused-ring (bicyclic) bond motifs is 1. The van der Waals surface area contributed by atoms with E-state index in [1.807, 2.05) is 0 Å². The number of alkyl halides is 3. The Morgan fingerprint density at radius 3 is 2.48 bits per heavy atom. The molecule has 1 aliphatic rings. The van der Waals surface area contributed by atoms with Crippen LogP contribution in [-0.4, -0.2) is 58.3 Å². The lowest BCUT2D eigenvalue weighted by atomic mass is 10.3. The number of carbonyl (C=O) groups is 1. The summed E-state index contributed by atoms with van der Waals surface area (Å²) >= 11 is 0. The molecule has 1 aromatic carbocycles. The van der Waals surface area contributed by atoms with Crippen LogP contribution in [0.3, 0.4) is 0 Å². The van der Waals surface area contributed by atoms with Crippen LogP contribution in [0.2, 0.25) is 0 Å². The summed E-state index contributed by atoms with van der Waals surface area (Å²) in [6.45, 7) is -1.90. The zero-order chi connectivity index (χ0) is 18.7. The van der Waals surface area contributed by atoms with Crippen LogP contribution in [0.4, 0.5) is 13.2 Å². The van der Waals surface area contributed by atoms with Gasteiger partial charge in [-0.05, 0) is 12.1 Å². The SMILES string of the molecule is COC(=O)CCN(CC(F)(F)F)S(=O)(=O)c1ccc2c(c1)OCCO2. The number of halogens is 3. The van der Waals surface area contributed by atoms with Crippen LogP contribution in [0.5, 0.6) is 11.5 Å². The Hall–Kier alpha value is -2.01. The van der Waals surface area contributed by atoms with Crippen molar-refractivity contribution in [2.24, 2.45) is 0 Å². The molecule has 0 spiro atoms. The van der Waals surface area contributed by atoms with Crippen molar-refractivity contribution in [2.75, 3.05) is 33.4 Å². The third kappa shape index (κ3) is 4.98. The van der Waals surface area contributed by atoms with Gasteiger partial charge in [-0.2, -0.15) is 17.5 Å². The molecule has 0 amide bonds.